The first-order valence-corrected chi connectivity index (χ1v) is 5.02. The van der Waals surface area contributed by atoms with E-state index < -0.39 is 0 Å². The van der Waals surface area contributed by atoms with Gasteiger partial charge in [-0.3, -0.25) is 0 Å². The number of nitrogens with zero attached hydrogens (tertiary/aromatic N) is 2. The van der Waals surface area contributed by atoms with Gasteiger partial charge in [-0.1, -0.05) is 36.8 Å². The molecule has 1 aromatic rings. The van der Waals surface area contributed by atoms with E-state index in [2.05, 4.69) is 4.98 Å². The molecule has 0 unspecified atom stereocenters. The van der Waals surface area contributed by atoms with E-state index in [9.17, 15) is 0 Å². The molecule has 1 heterocycles. The minimum Gasteiger partial charge on any atom is -0.470 e. The number of hydrogen-bond acceptors (Lipinski definition) is 4. The molecule has 0 radical (unpaired) electrons. The molecule has 3 nitrogen and oxygen atoms in total. The summed E-state index contributed by atoms with van der Waals surface area (Å²) in [6.45, 7) is 4.68. The molecule has 0 aliphatic heterocycles. The maximum absolute atomic E-state index is 8.59. The monoisotopic (exact) mass is 216 g/mol. The first kappa shape index (κ1) is 10.3. The SMILES string of the molecule is CC(C)COc1nc(Cl)c(C#N)s1. The van der Waals surface area contributed by atoms with Crippen molar-refractivity contribution in [2.75, 3.05) is 6.61 Å². The van der Waals surface area contributed by atoms with Crippen LogP contribution in [0.5, 0.6) is 5.19 Å². The summed E-state index contributed by atoms with van der Waals surface area (Å²) in [6.07, 6.45) is 0. The van der Waals surface area contributed by atoms with Crippen molar-refractivity contribution < 1.29 is 4.74 Å². The van der Waals surface area contributed by atoms with Gasteiger partial charge in [-0.2, -0.15) is 10.2 Å². The summed E-state index contributed by atoms with van der Waals surface area (Å²) in [5.74, 6) is 0.438. The fourth-order valence-electron chi connectivity index (χ4n) is 0.652. The van der Waals surface area contributed by atoms with E-state index in [-0.39, 0.29) is 5.15 Å². The normalized spacial score (nSPS) is 10.1. The van der Waals surface area contributed by atoms with Crippen LogP contribution < -0.4 is 4.74 Å². The smallest absolute Gasteiger partial charge is 0.275 e. The second kappa shape index (κ2) is 4.45. The molecule has 1 rings (SSSR count). The predicted octanol–water partition coefficient (Wildman–Crippen LogP) is 2.70. The molecular formula is C8H9ClN2OS. The lowest BCUT2D eigenvalue weighted by Crippen LogP contribution is -2.03. The summed E-state index contributed by atoms with van der Waals surface area (Å²) in [6, 6.07) is 1.95. The second-order valence-corrected chi connectivity index (χ2v) is 4.24. The Balaban J connectivity index is 2.64. The number of ether oxygens (including phenoxy) is 1. The number of hydrogen-bond donors (Lipinski definition) is 0. The van der Waals surface area contributed by atoms with Gasteiger partial charge in [-0.05, 0) is 5.92 Å². The number of halogens is 1. The summed E-state index contributed by atoms with van der Waals surface area (Å²) in [5.41, 5.74) is 0. The lowest BCUT2D eigenvalue weighted by Gasteiger charge is -2.03. The van der Waals surface area contributed by atoms with Crippen LogP contribution in [0.2, 0.25) is 5.15 Å². The van der Waals surface area contributed by atoms with Crippen LogP contribution in [0.4, 0.5) is 0 Å². The van der Waals surface area contributed by atoms with Gasteiger partial charge >= 0.3 is 0 Å². The number of thiazole rings is 1. The molecule has 70 valence electrons. The van der Waals surface area contributed by atoms with Crippen LogP contribution >= 0.6 is 22.9 Å². The summed E-state index contributed by atoms with van der Waals surface area (Å²) in [4.78, 5) is 4.30. The quantitative estimate of drug-likeness (QED) is 0.781. The Morgan fingerprint density at radius 1 is 1.69 bits per heavy atom. The van der Waals surface area contributed by atoms with Gasteiger partial charge in [-0.25, -0.2) is 0 Å². The Hall–Kier alpha value is -0.790. The lowest BCUT2D eigenvalue weighted by molar-refractivity contribution is 0.270. The largest absolute Gasteiger partial charge is 0.470 e. The van der Waals surface area contributed by atoms with Gasteiger partial charge in [0.05, 0.1) is 6.61 Å². The van der Waals surface area contributed by atoms with Crippen molar-refractivity contribution in [3.63, 3.8) is 0 Å². The fraction of sp³-hybridized carbons (Fsp3) is 0.500. The van der Waals surface area contributed by atoms with Gasteiger partial charge in [0.1, 0.15) is 10.9 Å². The van der Waals surface area contributed by atoms with Crippen molar-refractivity contribution in [1.82, 2.24) is 4.98 Å². The summed E-state index contributed by atoms with van der Waals surface area (Å²) in [7, 11) is 0. The zero-order valence-corrected chi connectivity index (χ0v) is 8.95. The van der Waals surface area contributed by atoms with Gasteiger partial charge in [0.15, 0.2) is 5.15 Å². The van der Waals surface area contributed by atoms with Crippen LogP contribution in [0.15, 0.2) is 0 Å². The van der Waals surface area contributed by atoms with E-state index in [1.807, 2.05) is 19.9 Å². The van der Waals surface area contributed by atoms with Gasteiger partial charge in [0.25, 0.3) is 5.19 Å². The highest BCUT2D eigenvalue weighted by atomic mass is 35.5. The molecule has 0 aromatic carbocycles. The van der Waals surface area contributed by atoms with Crippen LogP contribution in [0, 0.1) is 17.2 Å². The molecule has 13 heavy (non-hydrogen) atoms. The number of rotatable bonds is 3. The Morgan fingerprint density at radius 2 is 2.38 bits per heavy atom. The highest BCUT2D eigenvalue weighted by Gasteiger charge is 2.09. The van der Waals surface area contributed by atoms with E-state index in [1.54, 1.807) is 0 Å². The standard InChI is InChI=1S/C8H9ClN2OS/c1-5(2)4-12-8-11-7(9)6(3-10)13-8/h5H,4H2,1-2H3. The Bertz CT molecular complexity index is 329. The second-order valence-electron chi connectivity index (χ2n) is 2.92. The van der Waals surface area contributed by atoms with Crippen LogP contribution in [0.25, 0.3) is 0 Å². The van der Waals surface area contributed by atoms with Gasteiger partial charge in [0.2, 0.25) is 0 Å². The molecule has 1 aromatic heterocycles. The van der Waals surface area contributed by atoms with E-state index >= 15 is 0 Å². The highest BCUT2D eigenvalue weighted by Crippen LogP contribution is 2.27. The molecular weight excluding hydrogens is 208 g/mol. The van der Waals surface area contributed by atoms with Gasteiger partial charge < -0.3 is 4.74 Å². The number of aromatic nitrogens is 1. The minimum absolute atomic E-state index is 0.228. The molecule has 0 aliphatic carbocycles. The maximum Gasteiger partial charge on any atom is 0.275 e. The molecule has 0 saturated heterocycles. The molecule has 0 bridgehead atoms. The lowest BCUT2D eigenvalue weighted by atomic mass is 10.2. The van der Waals surface area contributed by atoms with Gasteiger partial charge in [0, 0.05) is 0 Å². The average Bonchev–Trinajstić information content (AvgIpc) is 2.43. The average molecular weight is 217 g/mol. The summed E-state index contributed by atoms with van der Waals surface area (Å²) in [5, 5.41) is 9.29. The summed E-state index contributed by atoms with van der Waals surface area (Å²) < 4.78 is 5.30. The van der Waals surface area contributed by atoms with Crippen molar-refractivity contribution in [2.45, 2.75) is 13.8 Å². The molecule has 0 N–H and O–H groups in total. The molecule has 0 spiro atoms. The van der Waals surface area contributed by atoms with Crippen LogP contribution in [0.1, 0.15) is 18.7 Å². The maximum atomic E-state index is 8.59. The molecule has 0 atom stereocenters. The zero-order chi connectivity index (χ0) is 9.84. The molecule has 0 fully saturated rings. The molecule has 0 amide bonds. The van der Waals surface area contributed by atoms with E-state index in [0.29, 0.717) is 22.6 Å². The van der Waals surface area contributed by atoms with Crippen molar-refractivity contribution in [3.8, 4) is 11.3 Å². The zero-order valence-electron chi connectivity index (χ0n) is 7.37. The van der Waals surface area contributed by atoms with Crippen LogP contribution in [-0.2, 0) is 0 Å². The van der Waals surface area contributed by atoms with Crippen molar-refractivity contribution in [3.05, 3.63) is 10.0 Å². The van der Waals surface area contributed by atoms with Gasteiger partial charge in [-0.15, -0.1) is 0 Å². The Kier molecular flexibility index (Phi) is 3.52. The third kappa shape index (κ3) is 2.87. The first-order chi connectivity index (χ1) is 6.13. The Morgan fingerprint density at radius 3 is 2.85 bits per heavy atom. The first-order valence-electron chi connectivity index (χ1n) is 3.82. The third-order valence-corrected chi connectivity index (χ3v) is 2.47. The van der Waals surface area contributed by atoms with Crippen molar-refractivity contribution in [1.29, 1.82) is 5.26 Å². The molecule has 0 saturated carbocycles. The summed E-state index contributed by atoms with van der Waals surface area (Å²) >= 11 is 6.83. The molecule has 0 aliphatic rings. The Labute approximate surface area is 85.9 Å². The van der Waals surface area contributed by atoms with Crippen LogP contribution in [0.3, 0.4) is 0 Å². The third-order valence-electron chi connectivity index (χ3n) is 1.21. The van der Waals surface area contributed by atoms with E-state index in [0.717, 1.165) is 0 Å². The minimum atomic E-state index is 0.228. The van der Waals surface area contributed by atoms with Crippen molar-refractivity contribution in [2.24, 2.45) is 5.92 Å². The van der Waals surface area contributed by atoms with E-state index in [1.165, 1.54) is 11.3 Å². The van der Waals surface area contributed by atoms with E-state index in [4.69, 9.17) is 21.6 Å². The topological polar surface area (TPSA) is 45.9 Å². The number of nitriles is 1. The van der Waals surface area contributed by atoms with Crippen LogP contribution in [-0.4, -0.2) is 11.6 Å². The predicted molar refractivity (Wildman–Crippen MR) is 52.2 cm³/mol. The molecule has 5 heteroatoms. The van der Waals surface area contributed by atoms with Crippen molar-refractivity contribution >= 4 is 22.9 Å². The highest BCUT2D eigenvalue weighted by molar-refractivity contribution is 7.14. The fourth-order valence-corrected chi connectivity index (χ4v) is 1.55.